The number of aromatic amines is 1. The van der Waals surface area contributed by atoms with Crippen LogP contribution in [-0.4, -0.2) is 41.5 Å². The van der Waals surface area contributed by atoms with Crippen LogP contribution in [0.5, 0.6) is 0 Å². The molecule has 78 valence electrons. The average molecular weight is 194 g/mol. The van der Waals surface area contributed by atoms with E-state index in [1.807, 2.05) is 6.20 Å². The number of anilines is 1. The lowest BCUT2D eigenvalue weighted by molar-refractivity contribution is 0.226. The Morgan fingerprint density at radius 3 is 3.00 bits per heavy atom. The summed E-state index contributed by atoms with van der Waals surface area (Å²) in [4.78, 5) is 9.58. The molecule has 1 aromatic heterocycles. The van der Waals surface area contributed by atoms with E-state index in [4.69, 9.17) is 0 Å². The Morgan fingerprint density at radius 1 is 1.57 bits per heavy atom. The molecule has 1 saturated heterocycles. The summed E-state index contributed by atoms with van der Waals surface area (Å²) in [7, 11) is 2.19. The van der Waals surface area contributed by atoms with Crippen molar-refractivity contribution in [3.63, 3.8) is 0 Å². The fraction of sp³-hybridized carbons (Fsp3) is 0.700. The maximum absolute atomic E-state index is 4.14. The minimum absolute atomic E-state index is 0.802. The first-order valence-electron chi connectivity index (χ1n) is 5.26. The van der Waals surface area contributed by atoms with E-state index in [0.29, 0.717) is 0 Å². The van der Waals surface area contributed by atoms with E-state index in [2.05, 4.69) is 27.2 Å². The van der Waals surface area contributed by atoms with Gasteiger partial charge in [-0.3, -0.25) is 0 Å². The van der Waals surface area contributed by atoms with Gasteiger partial charge >= 0.3 is 0 Å². The number of piperidine rings is 1. The minimum Gasteiger partial charge on any atom is -0.356 e. The Labute approximate surface area is 84.7 Å². The maximum atomic E-state index is 4.14. The number of aromatic nitrogens is 2. The second-order valence-electron chi connectivity index (χ2n) is 4.07. The van der Waals surface area contributed by atoms with Gasteiger partial charge < -0.3 is 15.2 Å². The molecule has 0 aliphatic carbocycles. The van der Waals surface area contributed by atoms with Crippen molar-refractivity contribution < 1.29 is 0 Å². The Hall–Kier alpha value is -1.03. The van der Waals surface area contributed by atoms with Crippen LogP contribution in [0.15, 0.2) is 12.4 Å². The van der Waals surface area contributed by atoms with Gasteiger partial charge in [0.15, 0.2) is 5.95 Å². The maximum Gasteiger partial charge on any atom is 0.200 e. The molecule has 0 aromatic carbocycles. The molecule has 14 heavy (non-hydrogen) atoms. The molecule has 0 spiro atoms. The van der Waals surface area contributed by atoms with Gasteiger partial charge in [-0.15, -0.1) is 0 Å². The molecule has 0 unspecified atom stereocenters. The lowest BCUT2D eigenvalue weighted by atomic mass is 9.97. The summed E-state index contributed by atoms with van der Waals surface area (Å²) in [5.41, 5.74) is 0. The van der Waals surface area contributed by atoms with Crippen molar-refractivity contribution in [2.45, 2.75) is 12.8 Å². The van der Waals surface area contributed by atoms with Crippen LogP contribution in [-0.2, 0) is 0 Å². The lowest BCUT2D eigenvalue weighted by Gasteiger charge is -2.28. The molecule has 4 nitrogen and oxygen atoms in total. The van der Waals surface area contributed by atoms with E-state index in [1.165, 1.54) is 25.9 Å². The van der Waals surface area contributed by atoms with Crippen LogP contribution in [0.3, 0.4) is 0 Å². The van der Waals surface area contributed by atoms with E-state index >= 15 is 0 Å². The Morgan fingerprint density at radius 2 is 2.36 bits per heavy atom. The van der Waals surface area contributed by atoms with Crippen molar-refractivity contribution >= 4 is 5.95 Å². The first kappa shape index (κ1) is 9.52. The van der Waals surface area contributed by atoms with Gasteiger partial charge in [-0.2, -0.15) is 0 Å². The standard InChI is InChI=1S/C10H18N4/c1-14-6-2-9(3-7-14)8-13-10-11-4-5-12-10/h4-5,9H,2-3,6-8H2,1H3,(H2,11,12,13). The fourth-order valence-corrected chi connectivity index (χ4v) is 1.87. The highest BCUT2D eigenvalue weighted by Crippen LogP contribution is 2.15. The topological polar surface area (TPSA) is 44.0 Å². The Bertz CT molecular complexity index is 249. The van der Waals surface area contributed by atoms with Crippen LogP contribution in [0.4, 0.5) is 5.95 Å². The van der Waals surface area contributed by atoms with Gasteiger partial charge in [-0.1, -0.05) is 0 Å². The molecule has 2 rings (SSSR count). The highest BCUT2D eigenvalue weighted by atomic mass is 15.1. The SMILES string of the molecule is CN1CCC(CNc2ncc[nH]2)CC1. The number of nitrogens with one attached hydrogen (secondary N) is 2. The monoisotopic (exact) mass is 194 g/mol. The first-order chi connectivity index (χ1) is 6.84. The van der Waals surface area contributed by atoms with E-state index in [1.54, 1.807) is 6.20 Å². The third kappa shape index (κ3) is 2.48. The summed E-state index contributed by atoms with van der Waals surface area (Å²) in [6, 6.07) is 0. The molecule has 1 fully saturated rings. The molecule has 4 heteroatoms. The number of rotatable bonds is 3. The molecule has 0 atom stereocenters. The van der Waals surface area contributed by atoms with Crippen molar-refractivity contribution in [3.05, 3.63) is 12.4 Å². The van der Waals surface area contributed by atoms with Gasteiger partial charge in [0.2, 0.25) is 0 Å². The van der Waals surface area contributed by atoms with Gasteiger partial charge in [-0.05, 0) is 38.9 Å². The van der Waals surface area contributed by atoms with Gasteiger partial charge in [0.1, 0.15) is 0 Å². The number of hydrogen-bond donors (Lipinski definition) is 2. The van der Waals surface area contributed by atoms with Crippen molar-refractivity contribution in [1.29, 1.82) is 0 Å². The minimum atomic E-state index is 0.802. The van der Waals surface area contributed by atoms with Crippen LogP contribution < -0.4 is 5.32 Å². The van der Waals surface area contributed by atoms with Crippen LogP contribution in [0.1, 0.15) is 12.8 Å². The molecule has 0 bridgehead atoms. The van der Waals surface area contributed by atoms with Gasteiger partial charge in [-0.25, -0.2) is 4.98 Å². The summed E-state index contributed by atoms with van der Waals surface area (Å²) in [5, 5.41) is 3.32. The quantitative estimate of drug-likeness (QED) is 0.759. The van der Waals surface area contributed by atoms with Crippen LogP contribution in [0.2, 0.25) is 0 Å². The number of hydrogen-bond acceptors (Lipinski definition) is 3. The molecule has 1 aliphatic rings. The number of imidazole rings is 1. The molecule has 2 heterocycles. The Kier molecular flexibility index (Phi) is 3.03. The van der Waals surface area contributed by atoms with Gasteiger partial charge in [0, 0.05) is 18.9 Å². The highest BCUT2D eigenvalue weighted by Gasteiger charge is 2.16. The molecule has 0 radical (unpaired) electrons. The van der Waals surface area contributed by atoms with Crippen molar-refractivity contribution in [2.24, 2.45) is 5.92 Å². The van der Waals surface area contributed by atoms with Gasteiger partial charge in [0.05, 0.1) is 0 Å². The zero-order valence-electron chi connectivity index (χ0n) is 8.66. The second-order valence-corrected chi connectivity index (χ2v) is 4.07. The summed E-state index contributed by atoms with van der Waals surface area (Å²) in [6.45, 7) is 3.50. The van der Waals surface area contributed by atoms with E-state index < -0.39 is 0 Å². The molecule has 1 aliphatic heterocycles. The Balaban J connectivity index is 1.71. The normalized spacial score (nSPS) is 19.8. The van der Waals surface area contributed by atoms with Crippen LogP contribution in [0.25, 0.3) is 0 Å². The number of H-pyrrole nitrogens is 1. The lowest BCUT2D eigenvalue weighted by Crippen LogP contribution is -2.33. The van der Waals surface area contributed by atoms with Crippen molar-refractivity contribution in [1.82, 2.24) is 14.9 Å². The van der Waals surface area contributed by atoms with Crippen LogP contribution >= 0.6 is 0 Å². The smallest absolute Gasteiger partial charge is 0.200 e. The fourth-order valence-electron chi connectivity index (χ4n) is 1.87. The third-order valence-corrected chi connectivity index (χ3v) is 2.89. The summed E-state index contributed by atoms with van der Waals surface area (Å²) < 4.78 is 0. The summed E-state index contributed by atoms with van der Waals surface area (Å²) in [6.07, 6.45) is 6.21. The second kappa shape index (κ2) is 4.46. The van der Waals surface area contributed by atoms with E-state index in [9.17, 15) is 0 Å². The summed E-state index contributed by atoms with van der Waals surface area (Å²) in [5.74, 6) is 1.69. The highest BCUT2D eigenvalue weighted by molar-refractivity contribution is 5.22. The average Bonchev–Trinajstić information content (AvgIpc) is 2.70. The largest absolute Gasteiger partial charge is 0.356 e. The molecular formula is C10H18N4. The van der Waals surface area contributed by atoms with E-state index in [-0.39, 0.29) is 0 Å². The predicted octanol–water partition coefficient (Wildman–Crippen LogP) is 1.16. The predicted molar refractivity (Wildman–Crippen MR) is 57.3 cm³/mol. The molecule has 2 N–H and O–H groups in total. The van der Waals surface area contributed by atoms with Crippen molar-refractivity contribution in [2.75, 3.05) is 32.0 Å². The first-order valence-corrected chi connectivity index (χ1v) is 5.26. The zero-order valence-corrected chi connectivity index (χ0v) is 8.66. The molecule has 0 amide bonds. The number of nitrogens with zero attached hydrogens (tertiary/aromatic N) is 2. The third-order valence-electron chi connectivity index (χ3n) is 2.89. The number of likely N-dealkylation sites (tertiary alicyclic amines) is 1. The molecular weight excluding hydrogens is 176 g/mol. The van der Waals surface area contributed by atoms with Crippen LogP contribution in [0, 0.1) is 5.92 Å². The molecule has 0 saturated carbocycles. The van der Waals surface area contributed by atoms with Crippen molar-refractivity contribution in [3.8, 4) is 0 Å². The zero-order chi connectivity index (χ0) is 9.80. The van der Waals surface area contributed by atoms with E-state index in [0.717, 1.165) is 18.4 Å². The summed E-state index contributed by atoms with van der Waals surface area (Å²) >= 11 is 0. The van der Waals surface area contributed by atoms with Gasteiger partial charge in [0.25, 0.3) is 0 Å². The molecule has 1 aromatic rings.